The Balaban J connectivity index is 1.23. The quantitative estimate of drug-likeness (QED) is 0.559. The van der Waals surface area contributed by atoms with Gasteiger partial charge in [-0.1, -0.05) is 0 Å². The number of hydrogen-bond donors (Lipinski definition) is 1. The molecule has 1 aromatic rings. The van der Waals surface area contributed by atoms with Gasteiger partial charge in [-0.3, -0.25) is 14.4 Å². The fraction of sp³-hybridized carbons (Fsp3) is 0.609. The van der Waals surface area contributed by atoms with Crippen LogP contribution in [0.3, 0.4) is 0 Å². The Morgan fingerprint density at radius 3 is 2.17 bits per heavy atom. The second-order valence-electron chi connectivity index (χ2n) is 9.21. The molecule has 4 saturated carbocycles. The van der Waals surface area contributed by atoms with Crippen LogP contribution in [-0.4, -0.2) is 30.3 Å². The third-order valence-corrected chi connectivity index (χ3v) is 6.94. The summed E-state index contributed by atoms with van der Waals surface area (Å²) in [4.78, 5) is 37.2. The fourth-order valence-corrected chi connectivity index (χ4v) is 6.01. The average molecular weight is 401 g/mol. The number of halogens is 1. The first-order chi connectivity index (χ1) is 13.8. The lowest BCUT2D eigenvalue weighted by atomic mass is 9.49. The number of carbonyl (C=O) groups excluding carboxylic acids is 3. The van der Waals surface area contributed by atoms with Crippen LogP contribution in [-0.2, 0) is 14.3 Å². The number of amides is 1. The minimum atomic E-state index is -0.952. The largest absolute Gasteiger partial charge is 0.454 e. The van der Waals surface area contributed by atoms with E-state index >= 15 is 0 Å². The van der Waals surface area contributed by atoms with Crippen molar-refractivity contribution in [3.05, 3.63) is 35.6 Å². The van der Waals surface area contributed by atoms with Gasteiger partial charge in [0, 0.05) is 17.5 Å². The third-order valence-electron chi connectivity index (χ3n) is 6.94. The minimum absolute atomic E-state index is 0.0269. The molecule has 1 atom stereocenters. The number of hydrogen-bond acceptors (Lipinski definition) is 4. The van der Waals surface area contributed by atoms with Crippen molar-refractivity contribution in [3.63, 3.8) is 0 Å². The van der Waals surface area contributed by atoms with Gasteiger partial charge >= 0.3 is 5.97 Å². The second-order valence-corrected chi connectivity index (χ2v) is 9.21. The molecule has 1 amide bonds. The zero-order chi connectivity index (χ0) is 20.6. The Bertz CT molecular complexity index is 768. The van der Waals surface area contributed by atoms with E-state index in [0.29, 0.717) is 23.3 Å². The van der Waals surface area contributed by atoms with Crippen molar-refractivity contribution < 1.29 is 23.5 Å². The number of nitrogens with one attached hydrogen (secondary N) is 1. The van der Waals surface area contributed by atoms with Crippen LogP contribution in [0.5, 0.6) is 0 Å². The van der Waals surface area contributed by atoms with Gasteiger partial charge in [0.15, 0.2) is 6.10 Å². The first-order valence-electron chi connectivity index (χ1n) is 10.6. The molecule has 5 rings (SSSR count). The van der Waals surface area contributed by atoms with Crippen LogP contribution in [0.1, 0.15) is 62.2 Å². The van der Waals surface area contributed by atoms with E-state index in [2.05, 4.69) is 5.32 Å². The minimum Gasteiger partial charge on any atom is -0.454 e. The molecule has 0 unspecified atom stereocenters. The Kier molecular flexibility index (Phi) is 5.45. The van der Waals surface area contributed by atoms with Crippen molar-refractivity contribution in [2.75, 3.05) is 6.54 Å². The molecule has 29 heavy (non-hydrogen) atoms. The highest BCUT2D eigenvalue weighted by molar-refractivity contribution is 6.00. The van der Waals surface area contributed by atoms with Gasteiger partial charge in [-0.05, 0) is 87.5 Å². The second kappa shape index (κ2) is 7.88. The Hall–Kier alpha value is -2.24. The van der Waals surface area contributed by atoms with E-state index in [1.54, 1.807) is 0 Å². The first kappa shape index (κ1) is 20.0. The van der Waals surface area contributed by atoms with Gasteiger partial charge in [-0.25, -0.2) is 4.39 Å². The molecule has 4 aliphatic carbocycles. The molecule has 5 nitrogen and oxygen atoms in total. The van der Waals surface area contributed by atoms with Crippen LogP contribution in [0.25, 0.3) is 0 Å². The predicted octanol–water partition coefficient (Wildman–Crippen LogP) is 3.66. The Morgan fingerprint density at radius 2 is 1.62 bits per heavy atom. The summed E-state index contributed by atoms with van der Waals surface area (Å²) in [6, 6.07) is 5.13. The molecular weight excluding hydrogens is 373 g/mol. The fourth-order valence-electron chi connectivity index (χ4n) is 6.01. The number of carbonyl (C=O) groups is 3. The van der Waals surface area contributed by atoms with Gasteiger partial charge < -0.3 is 10.1 Å². The SMILES string of the molecule is C[C@H](OC(=O)CCNC(=O)C12CC3CC(CC(C3)C1)C2)C(=O)c1ccc(F)cc1. The number of benzene rings is 1. The van der Waals surface area contributed by atoms with Crippen LogP contribution < -0.4 is 5.32 Å². The van der Waals surface area contributed by atoms with Crippen LogP contribution in [0.4, 0.5) is 4.39 Å². The van der Waals surface area contributed by atoms with Crippen molar-refractivity contribution in [2.45, 2.75) is 58.0 Å². The van der Waals surface area contributed by atoms with Gasteiger partial charge in [-0.2, -0.15) is 0 Å². The van der Waals surface area contributed by atoms with E-state index < -0.39 is 17.9 Å². The standard InChI is InChI=1S/C23H28FNO4/c1-14(21(27)18-2-4-19(24)5-3-18)29-20(26)6-7-25-22(28)23-11-15-8-16(12-23)10-17(9-15)13-23/h2-5,14-17H,6-13H2,1H3,(H,25,28)/t14-,15?,16?,17?,23?/m0/s1. The van der Waals surface area contributed by atoms with Crippen molar-refractivity contribution in [2.24, 2.45) is 23.2 Å². The van der Waals surface area contributed by atoms with E-state index in [1.807, 2.05) is 0 Å². The van der Waals surface area contributed by atoms with Crippen molar-refractivity contribution in [1.29, 1.82) is 0 Å². The van der Waals surface area contributed by atoms with Crippen LogP contribution in [0.2, 0.25) is 0 Å². The highest BCUT2D eigenvalue weighted by Gasteiger charge is 2.54. The molecule has 4 bridgehead atoms. The highest BCUT2D eigenvalue weighted by atomic mass is 19.1. The number of rotatable bonds is 7. The van der Waals surface area contributed by atoms with Crippen LogP contribution in [0, 0.1) is 29.0 Å². The molecule has 1 N–H and O–H groups in total. The molecule has 0 radical (unpaired) electrons. The van der Waals surface area contributed by atoms with Crippen LogP contribution >= 0.6 is 0 Å². The maximum absolute atomic E-state index is 13.0. The molecule has 1 aromatic carbocycles. The normalized spacial score (nSPS) is 30.6. The molecule has 156 valence electrons. The number of esters is 1. The smallest absolute Gasteiger partial charge is 0.308 e. The third kappa shape index (κ3) is 4.21. The summed E-state index contributed by atoms with van der Waals surface area (Å²) in [7, 11) is 0. The number of ketones is 1. The van der Waals surface area contributed by atoms with Gasteiger partial charge in [0.25, 0.3) is 0 Å². The number of Topliss-reactive ketones (excluding diaryl/α,β-unsaturated/α-hetero) is 1. The van der Waals surface area contributed by atoms with Crippen molar-refractivity contribution in [3.8, 4) is 0 Å². The van der Waals surface area contributed by atoms with E-state index in [9.17, 15) is 18.8 Å². The summed E-state index contributed by atoms with van der Waals surface area (Å²) < 4.78 is 18.2. The molecule has 6 heteroatoms. The first-order valence-corrected chi connectivity index (χ1v) is 10.6. The maximum atomic E-state index is 13.0. The summed E-state index contributed by atoms with van der Waals surface area (Å²) in [6.07, 6.45) is 5.86. The van der Waals surface area contributed by atoms with Crippen LogP contribution in [0.15, 0.2) is 24.3 Å². The average Bonchev–Trinajstić information content (AvgIpc) is 2.66. The maximum Gasteiger partial charge on any atom is 0.308 e. The van der Waals surface area contributed by atoms with Crippen molar-refractivity contribution in [1.82, 2.24) is 5.32 Å². The number of ether oxygens (including phenoxy) is 1. The molecule has 0 spiro atoms. The Morgan fingerprint density at radius 1 is 1.07 bits per heavy atom. The Labute approximate surface area is 170 Å². The zero-order valence-corrected chi connectivity index (χ0v) is 16.8. The molecule has 0 aromatic heterocycles. The monoisotopic (exact) mass is 401 g/mol. The highest BCUT2D eigenvalue weighted by Crippen LogP contribution is 2.60. The summed E-state index contributed by atoms with van der Waals surface area (Å²) in [6.45, 7) is 1.72. The van der Waals surface area contributed by atoms with Gasteiger partial charge in [-0.15, -0.1) is 0 Å². The lowest BCUT2D eigenvalue weighted by Crippen LogP contribution is -2.53. The molecule has 0 aliphatic heterocycles. The summed E-state index contributed by atoms with van der Waals surface area (Å²) >= 11 is 0. The lowest BCUT2D eigenvalue weighted by Gasteiger charge is -2.55. The molecule has 0 saturated heterocycles. The lowest BCUT2D eigenvalue weighted by molar-refractivity contribution is -0.148. The summed E-state index contributed by atoms with van der Waals surface area (Å²) in [5.41, 5.74) is 0.0617. The summed E-state index contributed by atoms with van der Waals surface area (Å²) in [5, 5.41) is 2.94. The van der Waals surface area contributed by atoms with E-state index in [1.165, 1.54) is 50.5 Å². The van der Waals surface area contributed by atoms with E-state index in [-0.39, 0.29) is 30.1 Å². The molecule has 4 fully saturated rings. The van der Waals surface area contributed by atoms with E-state index in [4.69, 9.17) is 4.74 Å². The van der Waals surface area contributed by atoms with Crippen molar-refractivity contribution >= 4 is 17.7 Å². The summed E-state index contributed by atoms with van der Waals surface area (Å²) in [5.74, 6) is 0.816. The van der Waals surface area contributed by atoms with Gasteiger partial charge in [0.05, 0.1) is 6.42 Å². The van der Waals surface area contributed by atoms with E-state index in [0.717, 1.165) is 19.3 Å². The molecular formula is C23H28FNO4. The molecule has 0 heterocycles. The van der Waals surface area contributed by atoms with Gasteiger partial charge in [0.1, 0.15) is 5.82 Å². The predicted molar refractivity (Wildman–Crippen MR) is 105 cm³/mol. The topological polar surface area (TPSA) is 72.5 Å². The molecule has 4 aliphatic rings. The zero-order valence-electron chi connectivity index (χ0n) is 16.8. The van der Waals surface area contributed by atoms with Gasteiger partial charge in [0.2, 0.25) is 11.7 Å².